The van der Waals surface area contributed by atoms with E-state index in [2.05, 4.69) is 15.2 Å². The number of pyridine rings is 1. The van der Waals surface area contributed by atoms with Gasteiger partial charge < -0.3 is 5.32 Å². The molecule has 1 aromatic heterocycles. The van der Waals surface area contributed by atoms with Gasteiger partial charge in [0.15, 0.2) is 0 Å². The molecule has 0 atom stereocenters. The lowest BCUT2D eigenvalue weighted by atomic mass is 10.0. The van der Waals surface area contributed by atoms with Crippen molar-refractivity contribution in [1.82, 2.24) is 14.2 Å². The summed E-state index contributed by atoms with van der Waals surface area (Å²) in [6.07, 6.45) is 1.57. The zero-order chi connectivity index (χ0) is 23.5. The van der Waals surface area contributed by atoms with Gasteiger partial charge in [0.25, 0.3) is 0 Å². The molecule has 0 spiro atoms. The number of nitrogens with one attached hydrogen (secondary N) is 1. The number of hydrogen-bond donors (Lipinski definition) is 1. The Morgan fingerprint density at radius 2 is 1.73 bits per heavy atom. The van der Waals surface area contributed by atoms with Crippen LogP contribution < -0.4 is 5.32 Å². The second-order valence-electron chi connectivity index (χ2n) is 8.74. The summed E-state index contributed by atoms with van der Waals surface area (Å²) < 4.78 is 65.8. The van der Waals surface area contributed by atoms with Crippen LogP contribution in [0.2, 0.25) is 0 Å². The molecule has 3 heterocycles. The van der Waals surface area contributed by atoms with E-state index in [0.717, 1.165) is 51.3 Å². The molecule has 1 aromatic carbocycles. The third-order valence-corrected chi connectivity index (χ3v) is 8.17. The molecule has 0 amide bonds. The second kappa shape index (κ2) is 9.99. The summed E-state index contributed by atoms with van der Waals surface area (Å²) in [5, 5.41) is 3.36. The third-order valence-electron chi connectivity index (χ3n) is 6.29. The topological polar surface area (TPSA) is 65.5 Å². The van der Waals surface area contributed by atoms with Crippen LogP contribution in [0, 0.1) is 0 Å². The van der Waals surface area contributed by atoms with E-state index in [4.69, 9.17) is 0 Å². The standard InChI is InChI=1S/C23H29F3N4O2S/c24-23(25,26)19-6-4-5-18(15-19)17-29-13-9-20(10-14-29)28-22-8-7-21(16-27-22)33(31,32)30-11-2-1-3-12-30/h4-8,15-16,20H,1-3,9-14,17H2,(H,27,28). The summed E-state index contributed by atoms with van der Waals surface area (Å²) in [5.41, 5.74) is 0.0387. The summed E-state index contributed by atoms with van der Waals surface area (Å²) in [6.45, 7) is 3.12. The number of halogens is 3. The molecule has 10 heteroatoms. The predicted molar refractivity (Wildman–Crippen MR) is 120 cm³/mol. The van der Waals surface area contributed by atoms with Gasteiger partial charge in [-0.15, -0.1) is 0 Å². The van der Waals surface area contributed by atoms with E-state index in [1.54, 1.807) is 18.2 Å². The molecule has 6 nitrogen and oxygen atoms in total. The van der Waals surface area contributed by atoms with Crippen molar-refractivity contribution in [3.8, 4) is 0 Å². The fraction of sp³-hybridized carbons (Fsp3) is 0.522. The molecule has 0 radical (unpaired) electrons. The number of alkyl halides is 3. The predicted octanol–water partition coefficient (Wildman–Crippen LogP) is 4.35. The van der Waals surface area contributed by atoms with Gasteiger partial charge in [-0.1, -0.05) is 24.6 Å². The summed E-state index contributed by atoms with van der Waals surface area (Å²) >= 11 is 0. The largest absolute Gasteiger partial charge is 0.416 e. The molecular weight excluding hydrogens is 453 g/mol. The Kier molecular flexibility index (Phi) is 7.25. The number of rotatable bonds is 6. The third kappa shape index (κ3) is 6.04. The Hall–Kier alpha value is -2.17. The van der Waals surface area contributed by atoms with Gasteiger partial charge in [-0.05, 0) is 49.4 Å². The van der Waals surface area contributed by atoms with Gasteiger partial charge in [0, 0.05) is 45.0 Å². The monoisotopic (exact) mass is 482 g/mol. The van der Waals surface area contributed by atoms with E-state index in [1.165, 1.54) is 22.6 Å². The molecule has 1 N–H and O–H groups in total. The van der Waals surface area contributed by atoms with Crippen molar-refractivity contribution in [3.05, 3.63) is 53.7 Å². The average Bonchev–Trinajstić information content (AvgIpc) is 2.81. The van der Waals surface area contributed by atoms with E-state index in [9.17, 15) is 21.6 Å². The van der Waals surface area contributed by atoms with Gasteiger partial charge in [0.1, 0.15) is 10.7 Å². The maximum Gasteiger partial charge on any atom is 0.416 e. The highest BCUT2D eigenvalue weighted by molar-refractivity contribution is 7.89. The van der Waals surface area contributed by atoms with Crippen molar-refractivity contribution in [1.29, 1.82) is 0 Å². The number of aromatic nitrogens is 1. The smallest absolute Gasteiger partial charge is 0.367 e. The minimum absolute atomic E-state index is 0.180. The Morgan fingerprint density at radius 1 is 1.00 bits per heavy atom. The van der Waals surface area contributed by atoms with Gasteiger partial charge in [-0.2, -0.15) is 17.5 Å². The molecule has 2 aromatic rings. The van der Waals surface area contributed by atoms with Gasteiger partial charge in [-0.3, -0.25) is 4.90 Å². The van der Waals surface area contributed by atoms with Crippen molar-refractivity contribution < 1.29 is 21.6 Å². The molecule has 0 aliphatic carbocycles. The first kappa shape index (κ1) is 24.0. The molecule has 180 valence electrons. The van der Waals surface area contributed by atoms with E-state index < -0.39 is 21.8 Å². The first-order chi connectivity index (χ1) is 15.7. The van der Waals surface area contributed by atoms with Crippen LogP contribution in [-0.2, 0) is 22.7 Å². The van der Waals surface area contributed by atoms with Crippen molar-refractivity contribution in [3.63, 3.8) is 0 Å². The van der Waals surface area contributed by atoms with Crippen LogP contribution in [0.5, 0.6) is 0 Å². The van der Waals surface area contributed by atoms with E-state index in [-0.39, 0.29) is 10.9 Å². The Labute approximate surface area is 192 Å². The highest BCUT2D eigenvalue weighted by Crippen LogP contribution is 2.30. The highest BCUT2D eigenvalue weighted by Gasteiger charge is 2.31. The first-order valence-electron chi connectivity index (χ1n) is 11.3. The number of hydrogen-bond acceptors (Lipinski definition) is 5. The van der Waals surface area contributed by atoms with Gasteiger partial charge in [0.05, 0.1) is 5.56 Å². The Morgan fingerprint density at radius 3 is 2.36 bits per heavy atom. The fourth-order valence-corrected chi connectivity index (χ4v) is 5.88. The van der Waals surface area contributed by atoms with Crippen molar-refractivity contribution in [2.45, 2.75) is 55.8 Å². The minimum Gasteiger partial charge on any atom is -0.367 e. The lowest BCUT2D eigenvalue weighted by molar-refractivity contribution is -0.137. The Balaban J connectivity index is 1.29. The summed E-state index contributed by atoms with van der Waals surface area (Å²) in [6, 6.07) is 8.97. The van der Waals surface area contributed by atoms with Crippen molar-refractivity contribution in [2.75, 3.05) is 31.5 Å². The molecular formula is C23H29F3N4O2S. The van der Waals surface area contributed by atoms with Gasteiger partial charge >= 0.3 is 6.18 Å². The number of anilines is 1. The quantitative estimate of drug-likeness (QED) is 0.663. The minimum atomic E-state index is -4.33. The van der Waals surface area contributed by atoms with Crippen LogP contribution in [-0.4, -0.2) is 54.8 Å². The molecule has 2 fully saturated rings. The van der Waals surface area contributed by atoms with Crippen LogP contribution in [0.1, 0.15) is 43.2 Å². The van der Waals surface area contributed by atoms with Crippen LogP contribution in [0.25, 0.3) is 0 Å². The molecule has 0 bridgehead atoms. The number of piperidine rings is 2. The highest BCUT2D eigenvalue weighted by atomic mass is 32.2. The average molecular weight is 483 g/mol. The molecule has 33 heavy (non-hydrogen) atoms. The molecule has 0 unspecified atom stereocenters. The number of benzene rings is 1. The lowest BCUT2D eigenvalue weighted by Crippen LogP contribution is -2.38. The maximum absolute atomic E-state index is 12.9. The number of likely N-dealkylation sites (tertiary alicyclic amines) is 1. The van der Waals surface area contributed by atoms with Crippen molar-refractivity contribution in [2.24, 2.45) is 0 Å². The zero-order valence-electron chi connectivity index (χ0n) is 18.4. The zero-order valence-corrected chi connectivity index (χ0v) is 19.2. The molecule has 0 saturated carbocycles. The van der Waals surface area contributed by atoms with E-state index >= 15 is 0 Å². The normalized spacial score (nSPS) is 19.5. The maximum atomic E-state index is 12.9. The SMILES string of the molecule is O=S(=O)(c1ccc(NC2CCN(Cc3cccc(C(F)(F)F)c3)CC2)nc1)N1CCCCC1. The number of nitrogens with zero attached hydrogens (tertiary/aromatic N) is 3. The van der Waals surface area contributed by atoms with Gasteiger partial charge in [0.2, 0.25) is 10.0 Å². The van der Waals surface area contributed by atoms with Crippen LogP contribution >= 0.6 is 0 Å². The number of sulfonamides is 1. The van der Waals surface area contributed by atoms with Crippen molar-refractivity contribution >= 4 is 15.8 Å². The summed E-state index contributed by atoms with van der Waals surface area (Å²) in [5.74, 6) is 0.629. The summed E-state index contributed by atoms with van der Waals surface area (Å²) in [4.78, 5) is 6.68. The molecule has 2 aliphatic heterocycles. The van der Waals surface area contributed by atoms with Crippen LogP contribution in [0.3, 0.4) is 0 Å². The fourth-order valence-electron chi connectivity index (χ4n) is 4.42. The Bertz CT molecular complexity index is 1030. The molecule has 2 aliphatic rings. The molecule has 4 rings (SSSR count). The van der Waals surface area contributed by atoms with E-state index in [0.29, 0.717) is 31.0 Å². The van der Waals surface area contributed by atoms with Crippen LogP contribution in [0.4, 0.5) is 19.0 Å². The first-order valence-corrected chi connectivity index (χ1v) is 12.8. The lowest BCUT2D eigenvalue weighted by Gasteiger charge is -2.32. The second-order valence-corrected chi connectivity index (χ2v) is 10.7. The van der Waals surface area contributed by atoms with Gasteiger partial charge in [-0.25, -0.2) is 13.4 Å². The molecule has 2 saturated heterocycles. The van der Waals surface area contributed by atoms with E-state index in [1.807, 2.05) is 0 Å². The van der Waals surface area contributed by atoms with Crippen LogP contribution in [0.15, 0.2) is 47.5 Å². The summed E-state index contributed by atoms with van der Waals surface area (Å²) in [7, 11) is -3.50.